The van der Waals surface area contributed by atoms with E-state index in [1.54, 1.807) is 23.1 Å². The van der Waals surface area contributed by atoms with E-state index in [4.69, 9.17) is 4.74 Å². The smallest absolute Gasteiger partial charge is 0.406 e. The van der Waals surface area contributed by atoms with Crippen molar-refractivity contribution in [2.45, 2.75) is 19.1 Å². The van der Waals surface area contributed by atoms with E-state index in [1.807, 2.05) is 30.3 Å². The standard InChI is InChI=1S/C31H34FN5O7/c1-33-31(43)44-19-25(36(12-14-39)18-21-5-3-2-4-6-21)37-24-16-22(15-20-7-9-23(32)10-8-20)17-35-27(24)28(40)26(30(37)42)29(41)34-11-13-38/h2-10,16-17,25,38-40H,11-15,18-19H2,1H3,(H,33,43)(H,34,41). The third-order valence-corrected chi connectivity index (χ3v) is 6.93. The molecule has 1 atom stereocenters. The highest BCUT2D eigenvalue weighted by Gasteiger charge is 2.30. The summed E-state index contributed by atoms with van der Waals surface area (Å²) in [5.74, 6) is -1.98. The number of amides is 2. The van der Waals surface area contributed by atoms with Crippen LogP contribution in [0.1, 0.15) is 33.2 Å². The Morgan fingerprint density at radius 1 is 1.05 bits per heavy atom. The van der Waals surface area contributed by atoms with Gasteiger partial charge in [-0.25, -0.2) is 9.18 Å². The van der Waals surface area contributed by atoms with Crippen LogP contribution in [0, 0.1) is 5.82 Å². The summed E-state index contributed by atoms with van der Waals surface area (Å²) >= 11 is 0. The Balaban J connectivity index is 1.96. The molecule has 0 fully saturated rings. The number of rotatable bonds is 13. The Kier molecular flexibility index (Phi) is 11.0. The van der Waals surface area contributed by atoms with Crippen LogP contribution in [0.2, 0.25) is 0 Å². The maximum atomic E-state index is 14.2. The molecule has 2 amide bonds. The highest BCUT2D eigenvalue weighted by molar-refractivity contribution is 6.01. The fraction of sp³-hybridized carbons (Fsp3) is 0.290. The summed E-state index contributed by atoms with van der Waals surface area (Å²) in [4.78, 5) is 45.6. The van der Waals surface area contributed by atoms with Gasteiger partial charge in [0, 0.05) is 32.9 Å². The first-order chi connectivity index (χ1) is 21.3. The molecule has 2 aromatic heterocycles. The monoisotopic (exact) mass is 607 g/mol. The van der Waals surface area contributed by atoms with Crippen LogP contribution < -0.4 is 16.2 Å². The number of carbonyl (C=O) groups excluding carboxylic acids is 2. The number of halogens is 1. The molecule has 0 radical (unpaired) electrons. The first-order valence-corrected chi connectivity index (χ1v) is 13.9. The Bertz CT molecular complexity index is 1650. The van der Waals surface area contributed by atoms with Gasteiger partial charge in [0.15, 0.2) is 5.75 Å². The minimum absolute atomic E-state index is 0.0419. The maximum absolute atomic E-state index is 14.2. The number of hydrogen-bond donors (Lipinski definition) is 5. The van der Waals surface area contributed by atoms with Crippen molar-refractivity contribution in [3.63, 3.8) is 0 Å². The SMILES string of the molecule is CNC(=O)OCC(N(CCO)Cc1ccccc1)n1c(=O)c(C(=O)NCCO)c(O)c2ncc(Cc3ccc(F)cc3)cc21. The first-order valence-electron chi connectivity index (χ1n) is 13.9. The second kappa shape index (κ2) is 15.0. The number of aromatic nitrogens is 2. The lowest BCUT2D eigenvalue weighted by atomic mass is 10.0. The topological polar surface area (TPSA) is 166 Å². The third-order valence-electron chi connectivity index (χ3n) is 6.93. The van der Waals surface area contributed by atoms with E-state index in [9.17, 15) is 34.1 Å². The number of hydrogen-bond acceptors (Lipinski definition) is 9. The number of benzene rings is 2. The largest absolute Gasteiger partial charge is 0.505 e. The Morgan fingerprint density at radius 3 is 2.43 bits per heavy atom. The number of ether oxygens (including phenoxy) is 1. The molecule has 0 spiro atoms. The van der Waals surface area contributed by atoms with Crippen LogP contribution in [0.4, 0.5) is 9.18 Å². The first kappa shape index (κ1) is 32.1. The number of nitrogens with zero attached hydrogens (tertiary/aromatic N) is 3. The fourth-order valence-electron chi connectivity index (χ4n) is 4.85. The lowest BCUT2D eigenvalue weighted by molar-refractivity contribution is 0.0404. The van der Waals surface area contributed by atoms with Crippen molar-refractivity contribution < 1.29 is 34.0 Å². The van der Waals surface area contributed by atoms with Gasteiger partial charge in [-0.1, -0.05) is 42.5 Å². The molecule has 0 aliphatic heterocycles. The molecule has 0 saturated heterocycles. The molecule has 4 aromatic rings. The second-order valence-corrected chi connectivity index (χ2v) is 9.90. The average Bonchev–Trinajstić information content (AvgIpc) is 3.02. The molecule has 4 rings (SSSR count). The van der Waals surface area contributed by atoms with Crippen LogP contribution >= 0.6 is 0 Å². The zero-order chi connectivity index (χ0) is 31.6. The molecule has 12 nitrogen and oxygen atoms in total. The van der Waals surface area contributed by atoms with Crippen molar-refractivity contribution in [1.82, 2.24) is 25.1 Å². The van der Waals surface area contributed by atoms with Gasteiger partial charge in [0.2, 0.25) is 0 Å². The van der Waals surface area contributed by atoms with Gasteiger partial charge in [-0.2, -0.15) is 0 Å². The molecular weight excluding hydrogens is 573 g/mol. The molecule has 44 heavy (non-hydrogen) atoms. The quantitative estimate of drug-likeness (QED) is 0.153. The normalized spacial score (nSPS) is 11.8. The van der Waals surface area contributed by atoms with Gasteiger partial charge < -0.3 is 30.7 Å². The number of alkyl carbamates (subject to hydrolysis) is 1. The van der Waals surface area contributed by atoms with Gasteiger partial charge in [0.1, 0.15) is 29.7 Å². The number of aliphatic hydroxyl groups is 2. The molecule has 2 heterocycles. The minimum Gasteiger partial charge on any atom is -0.505 e. The summed E-state index contributed by atoms with van der Waals surface area (Å²) in [7, 11) is 1.38. The van der Waals surface area contributed by atoms with E-state index in [-0.39, 0.29) is 43.9 Å². The van der Waals surface area contributed by atoms with Crippen molar-refractivity contribution in [2.24, 2.45) is 0 Å². The molecule has 232 valence electrons. The lowest BCUT2D eigenvalue weighted by Crippen LogP contribution is -2.44. The third kappa shape index (κ3) is 7.56. The highest BCUT2D eigenvalue weighted by Crippen LogP contribution is 2.29. The fourth-order valence-corrected chi connectivity index (χ4v) is 4.85. The van der Waals surface area contributed by atoms with Gasteiger partial charge in [-0.15, -0.1) is 0 Å². The number of carbonyl (C=O) groups is 2. The maximum Gasteiger partial charge on any atom is 0.406 e. The highest BCUT2D eigenvalue weighted by atomic mass is 19.1. The van der Waals surface area contributed by atoms with Crippen molar-refractivity contribution in [3.05, 3.63) is 105 Å². The van der Waals surface area contributed by atoms with Gasteiger partial charge in [0.25, 0.3) is 11.5 Å². The summed E-state index contributed by atoms with van der Waals surface area (Å²) in [6, 6.07) is 16.7. The van der Waals surface area contributed by atoms with Gasteiger partial charge in [-0.3, -0.25) is 24.0 Å². The molecule has 0 aliphatic carbocycles. The van der Waals surface area contributed by atoms with Crippen LogP contribution in [0.15, 0.2) is 71.7 Å². The molecule has 0 saturated carbocycles. The Labute approximate surface area is 252 Å². The van der Waals surface area contributed by atoms with Crippen molar-refractivity contribution in [2.75, 3.05) is 40.0 Å². The van der Waals surface area contributed by atoms with Gasteiger partial charge in [-0.05, 0) is 41.3 Å². The Morgan fingerprint density at radius 2 is 1.77 bits per heavy atom. The van der Waals surface area contributed by atoms with Crippen LogP contribution in [-0.2, 0) is 17.7 Å². The van der Waals surface area contributed by atoms with Crippen LogP contribution in [0.25, 0.3) is 11.0 Å². The number of nitrogens with one attached hydrogen (secondary N) is 2. The predicted octanol–water partition coefficient (Wildman–Crippen LogP) is 1.90. The van der Waals surface area contributed by atoms with E-state index in [0.29, 0.717) is 12.0 Å². The van der Waals surface area contributed by atoms with Crippen LogP contribution in [0.3, 0.4) is 0 Å². The molecule has 13 heteroatoms. The zero-order valence-corrected chi connectivity index (χ0v) is 24.1. The van der Waals surface area contributed by atoms with Crippen molar-refractivity contribution in [3.8, 4) is 5.75 Å². The Hall–Kier alpha value is -4.85. The van der Waals surface area contributed by atoms with E-state index in [0.717, 1.165) is 11.1 Å². The molecule has 0 aliphatic rings. The van der Waals surface area contributed by atoms with E-state index < -0.39 is 47.5 Å². The van der Waals surface area contributed by atoms with Gasteiger partial charge >= 0.3 is 6.09 Å². The van der Waals surface area contributed by atoms with Gasteiger partial charge in [0.05, 0.1) is 18.7 Å². The molecule has 1 unspecified atom stereocenters. The lowest BCUT2D eigenvalue weighted by Gasteiger charge is -2.33. The van der Waals surface area contributed by atoms with Crippen LogP contribution in [0.5, 0.6) is 5.75 Å². The number of aromatic hydroxyl groups is 1. The molecule has 2 aromatic carbocycles. The summed E-state index contributed by atoms with van der Waals surface area (Å²) in [6.45, 7) is -1.01. The summed E-state index contributed by atoms with van der Waals surface area (Å²) < 4.78 is 20.1. The summed E-state index contributed by atoms with van der Waals surface area (Å²) in [5.41, 5.74) is 0.736. The van der Waals surface area contributed by atoms with E-state index >= 15 is 0 Å². The zero-order valence-electron chi connectivity index (χ0n) is 24.1. The van der Waals surface area contributed by atoms with Crippen LogP contribution in [-0.4, -0.2) is 81.7 Å². The number of aliphatic hydroxyl groups excluding tert-OH is 2. The second-order valence-electron chi connectivity index (χ2n) is 9.90. The minimum atomic E-state index is -1.08. The number of pyridine rings is 2. The summed E-state index contributed by atoms with van der Waals surface area (Å²) in [5, 5.41) is 35.2. The average molecular weight is 608 g/mol. The van der Waals surface area contributed by atoms with E-state index in [2.05, 4.69) is 15.6 Å². The molecule has 5 N–H and O–H groups in total. The molecule has 0 bridgehead atoms. The predicted molar refractivity (Wildman–Crippen MR) is 160 cm³/mol. The van der Waals surface area contributed by atoms with E-state index in [1.165, 1.54) is 29.9 Å². The molecular formula is C31H34FN5O7. The number of fused-ring (bicyclic) bond motifs is 1. The summed E-state index contributed by atoms with van der Waals surface area (Å²) in [6.07, 6.45) is -0.0738. The van der Waals surface area contributed by atoms with Crippen molar-refractivity contribution >= 4 is 23.0 Å². The van der Waals surface area contributed by atoms with Crippen molar-refractivity contribution in [1.29, 1.82) is 0 Å².